The van der Waals surface area contributed by atoms with Crippen LogP contribution in [0.3, 0.4) is 0 Å². The van der Waals surface area contributed by atoms with Crippen molar-refractivity contribution in [3.8, 4) is 11.5 Å². The molecular weight excluding hydrogens is 486 g/mol. The Morgan fingerprint density at radius 3 is 2.00 bits per heavy atom. The largest absolute Gasteiger partial charge is 0.493 e. The molecule has 6 heteroatoms. The zero-order valence-corrected chi connectivity index (χ0v) is 22.9. The zero-order valence-electron chi connectivity index (χ0n) is 22.2. The third-order valence-corrected chi connectivity index (χ3v) is 7.81. The van der Waals surface area contributed by atoms with E-state index in [9.17, 15) is 9.59 Å². The summed E-state index contributed by atoms with van der Waals surface area (Å²) in [5.41, 5.74) is 4.71. The molecule has 0 bridgehead atoms. The Morgan fingerprint density at radius 1 is 0.892 bits per heavy atom. The lowest BCUT2D eigenvalue weighted by Gasteiger charge is -2.44. The van der Waals surface area contributed by atoms with Crippen molar-refractivity contribution in [2.75, 3.05) is 7.11 Å². The summed E-state index contributed by atoms with van der Waals surface area (Å²) in [6.45, 7) is 8.80. The van der Waals surface area contributed by atoms with Gasteiger partial charge in [0.1, 0.15) is 6.61 Å². The maximum atomic E-state index is 13.6. The molecule has 2 aromatic carbocycles. The molecule has 0 radical (unpaired) electrons. The van der Waals surface area contributed by atoms with Crippen LogP contribution in [0, 0.1) is 10.8 Å². The molecule has 1 aliphatic heterocycles. The number of methoxy groups -OCH3 is 1. The second-order valence-electron chi connectivity index (χ2n) is 12.0. The molecule has 37 heavy (non-hydrogen) atoms. The van der Waals surface area contributed by atoms with E-state index in [-0.39, 0.29) is 22.4 Å². The van der Waals surface area contributed by atoms with E-state index in [1.807, 2.05) is 42.5 Å². The van der Waals surface area contributed by atoms with Crippen LogP contribution < -0.4 is 14.8 Å². The number of carbonyl (C=O) groups excluding carboxylic acids is 2. The van der Waals surface area contributed by atoms with Crippen LogP contribution in [0.5, 0.6) is 11.5 Å². The minimum Gasteiger partial charge on any atom is -0.493 e. The molecule has 0 atom stereocenters. The number of carbonyl (C=O) groups is 2. The topological polar surface area (TPSA) is 64.6 Å². The van der Waals surface area contributed by atoms with Crippen molar-refractivity contribution in [1.82, 2.24) is 5.32 Å². The number of dihydropyridines is 1. The van der Waals surface area contributed by atoms with Crippen molar-refractivity contribution < 1.29 is 19.1 Å². The molecule has 2 aromatic rings. The van der Waals surface area contributed by atoms with Gasteiger partial charge in [0.2, 0.25) is 0 Å². The van der Waals surface area contributed by atoms with Gasteiger partial charge in [0.25, 0.3) is 0 Å². The molecule has 0 fully saturated rings. The molecule has 0 spiro atoms. The van der Waals surface area contributed by atoms with Crippen molar-refractivity contribution >= 4 is 23.2 Å². The zero-order chi connectivity index (χ0) is 26.5. The molecule has 5 nitrogen and oxygen atoms in total. The van der Waals surface area contributed by atoms with Crippen LogP contribution in [0.25, 0.3) is 0 Å². The Morgan fingerprint density at radius 2 is 1.46 bits per heavy atom. The summed E-state index contributed by atoms with van der Waals surface area (Å²) < 4.78 is 11.8. The quantitative estimate of drug-likeness (QED) is 0.465. The summed E-state index contributed by atoms with van der Waals surface area (Å²) in [7, 11) is 1.57. The highest BCUT2D eigenvalue weighted by atomic mass is 35.5. The van der Waals surface area contributed by atoms with Gasteiger partial charge < -0.3 is 14.8 Å². The summed E-state index contributed by atoms with van der Waals surface area (Å²) in [6, 6.07) is 13.5. The van der Waals surface area contributed by atoms with Gasteiger partial charge in [-0.05, 0) is 46.9 Å². The summed E-state index contributed by atoms with van der Waals surface area (Å²) in [4.78, 5) is 27.2. The van der Waals surface area contributed by atoms with E-state index in [0.717, 1.165) is 35.4 Å². The lowest BCUT2D eigenvalue weighted by molar-refractivity contribution is -0.119. The fraction of sp³-hybridized carbons (Fsp3) is 0.419. The number of Topliss-reactive ketones (excluding diaryl/α,β-unsaturated/α-hetero) is 2. The summed E-state index contributed by atoms with van der Waals surface area (Å²) in [5.74, 6) is 0.600. The normalized spacial score (nSPS) is 20.8. The van der Waals surface area contributed by atoms with Gasteiger partial charge in [0.05, 0.1) is 12.1 Å². The molecule has 0 saturated heterocycles. The van der Waals surface area contributed by atoms with Crippen molar-refractivity contribution in [1.29, 1.82) is 0 Å². The highest BCUT2D eigenvalue weighted by Crippen LogP contribution is 2.52. The molecule has 1 heterocycles. The molecule has 0 amide bonds. The van der Waals surface area contributed by atoms with E-state index in [4.69, 9.17) is 21.1 Å². The number of nitrogens with one attached hydrogen (secondary N) is 1. The van der Waals surface area contributed by atoms with Gasteiger partial charge in [0.15, 0.2) is 23.1 Å². The minimum atomic E-state index is -0.479. The average Bonchev–Trinajstić information content (AvgIpc) is 2.80. The standard InChI is InChI=1S/C31H34ClNO4/c1-30(2)13-21-27(23(34)15-30)26(28-22(33-21)14-31(3,4)16-24(28)35)19-11-20(32)29(25(12-19)36-5)37-17-18-9-7-6-8-10-18/h6-12,26,33H,13-17H2,1-5H3. The Bertz CT molecular complexity index is 1280. The fourth-order valence-electron chi connectivity index (χ4n) is 6.00. The number of ketones is 2. The molecule has 0 saturated carbocycles. The molecule has 3 aliphatic rings. The second kappa shape index (κ2) is 9.36. The van der Waals surface area contributed by atoms with E-state index in [1.165, 1.54) is 0 Å². The Hall–Kier alpha value is -3.05. The van der Waals surface area contributed by atoms with Crippen LogP contribution in [0.15, 0.2) is 65.0 Å². The first-order valence-electron chi connectivity index (χ1n) is 12.8. The van der Waals surface area contributed by atoms with Gasteiger partial charge in [-0.2, -0.15) is 0 Å². The highest BCUT2D eigenvalue weighted by molar-refractivity contribution is 6.32. The monoisotopic (exact) mass is 519 g/mol. The van der Waals surface area contributed by atoms with Crippen LogP contribution in [0.4, 0.5) is 0 Å². The van der Waals surface area contributed by atoms with E-state index >= 15 is 0 Å². The van der Waals surface area contributed by atoms with Gasteiger partial charge in [0, 0.05) is 41.3 Å². The molecular formula is C31H34ClNO4. The van der Waals surface area contributed by atoms with Crippen molar-refractivity contribution in [2.45, 2.75) is 65.9 Å². The number of ether oxygens (including phenoxy) is 2. The average molecular weight is 520 g/mol. The van der Waals surface area contributed by atoms with Crippen molar-refractivity contribution in [3.05, 3.63) is 81.2 Å². The number of rotatable bonds is 5. The lowest BCUT2D eigenvalue weighted by atomic mass is 9.64. The van der Waals surface area contributed by atoms with Crippen molar-refractivity contribution in [3.63, 3.8) is 0 Å². The van der Waals surface area contributed by atoms with E-state index in [2.05, 4.69) is 33.0 Å². The molecule has 0 aromatic heterocycles. The number of allylic oxidation sites excluding steroid dienone is 4. The Labute approximate surface area is 223 Å². The van der Waals surface area contributed by atoms with Crippen LogP contribution in [0.1, 0.15) is 70.4 Å². The van der Waals surface area contributed by atoms with Crippen LogP contribution in [-0.2, 0) is 16.2 Å². The minimum absolute atomic E-state index is 0.0763. The molecule has 2 aliphatic carbocycles. The summed E-state index contributed by atoms with van der Waals surface area (Å²) >= 11 is 6.79. The first-order valence-corrected chi connectivity index (χ1v) is 13.2. The van der Waals surface area contributed by atoms with E-state index < -0.39 is 5.92 Å². The fourth-order valence-corrected chi connectivity index (χ4v) is 6.27. The van der Waals surface area contributed by atoms with Gasteiger partial charge in [-0.1, -0.05) is 69.6 Å². The van der Waals surface area contributed by atoms with Crippen LogP contribution in [0.2, 0.25) is 5.02 Å². The number of hydrogen-bond acceptors (Lipinski definition) is 5. The summed E-state index contributed by atoms with van der Waals surface area (Å²) in [6.07, 6.45) is 2.38. The Balaban J connectivity index is 1.61. The van der Waals surface area contributed by atoms with Gasteiger partial charge in [-0.3, -0.25) is 9.59 Å². The Kier molecular flexibility index (Phi) is 6.47. The number of halogens is 1. The van der Waals surface area contributed by atoms with Crippen LogP contribution >= 0.6 is 11.6 Å². The highest BCUT2D eigenvalue weighted by Gasteiger charge is 2.46. The maximum absolute atomic E-state index is 13.6. The SMILES string of the molecule is COc1cc(C2C3=C(CC(C)(C)CC3=O)NC3=C2C(=O)CC(C)(C)C3)cc(Cl)c1OCc1ccccc1. The molecule has 1 N–H and O–H groups in total. The van der Waals surface area contributed by atoms with E-state index in [1.54, 1.807) is 7.11 Å². The molecule has 194 valence electrons. The maximum Gasteiger partial charge on any atom is 0.180 e. The molecule has 5 rings (SSSR count). The number of hydrogen-bond donors (Lipinski definition) is 1. The molecule has 0 unspecified atom stereocenters. The van der Waals surface area contributed by atoms with E-state index in [0.29, 0.717) is 47.1 Å². The lowest BCUT2D eigenvalue weighted by Crippen LogP contribution is -2.42. The first kappa shape index (κ1) is 25.6. The third-order valence-electron chi connectivity index (χ3n) is 7.53. The van der Waals surface area contributed by atoms with Gasteiger partial charge >= 0.3 is 0 Å². The second-order valence-corrected chi connectivity index (χ2v) is 12.4. The summed E-state index contributed by atoms with van der Waals surface area (Å²) in [5, 5.41) is 3.94. The van der Waals surface area contributed by atoms with Gasteiger partial charge in [-0.15, -0.1) is 0 Å². The van der Waals surface area contributed by atoms with Crippen LogP contribution in [-0.4, -0.2) is 18.7 Å². The number of benzene rings is 2. The van der Waals surface area contributed by atoms with Crippen molar-refractivity contribution in [2.24, 2.45) is 10.8 Å². The third kappa shape index (κ3) is 4.94. The predicted molar refractivity (Wildman–Crippen MR) is 145 cm³/mol. The first-order chi connectivity index (χ1) is 17.5. The predicted octanol–water partition coefficient (Wildman–Crippen LogP) is 6.90. The van der Waals surface area contributed by atoms with Gasteiger partial charge in [-0.25, -0.2) is 0 Å². The smallest absolute Gasteiger partial charge is 0.180 e.